The molecule has 0 aliphatic heterocycles. The molecule has 0 saturated heterocycles. The Balaban J connectivity index is 1.96. The number of carbonyl (C=O) groups excluding carboxylic acids is 1. The number of para-hydroxylation sites is 1. The Morgan fingerprint density at radius 1 is 1.00 bits per heavy atom. The third-order valence-corrected chi connectivity index (χ3v) is 5.49. The number of hydrogen-bond acceptors (Lipinski definition) is 3. The van der Waals surface area contributed by atoms with E-state index in [-0.39, 0.29) is 11.2 Å². The van der Waals surface area contributed by atoms with Gasteiger partial charge in [0, 0.05) is 12.6 Å². The van der Waals surface area contributed by atoms with E-state index < -0.39 is 15.9 Å². The zero-order valence-electron chi connectivity index (χ0n) is 16.6. The molecule has 2 aromatic carbocycles. The van der Waals surface area contributed by atoms with Crippen LogP contribution in [0.25, 0.3) is 5.69 Å². The number of nitrogens with zero attached hydrogens (tertiary/aromatic N) is 2. The normalized spacial score (nSPS) is 12.5. The summed E-state index contributed by atoms with van der Waals surface area (Å²) in [5.41, 5.74) is 2.43. The van der Waals surface area contributed by atoms with Gasteiger partial charge in [-0.3, -0.25) is 14.3 Å². The van der Waals surface area contributed by atoms with Crippen LogP contribution in [0.5, 0.6) is 0 Å². The lowest BCUT2D eigenvalue weighted by molar-refractivity contribution is 0.0941. The van der Waals surface area contributed by atoms with Gasteiger partial charge in [-0.2, -0.15) is 0 Å². The molecule has 0 spiro atoms. The molecule has 1 heterocycles. The molecule has 6 nitrogen and oxygen atoms in total. The molecule has 0 radical (unpaired) electrons. The smallest absolute Gasteiger partial charge is 0.295 e. The number of benzene rings is 2. The predicted molar refractivity (Wildman–Crippen MR) is 122 cm³/mol. The van der Waals surface area contributed by atoms with E-state index in [1.54, 1.807) is 30.8 Å². The monoisotopic (exact) mass is 466 g/mol. The van der Waals surface area contributed by atoms with Gasteiger partial charge in [0.05, 0.1) is 11.4 Å². The molecule has 3 aromatic rings. The summed E-state index contributed by atoms with van der Waals surface area (Å²) in [6.07, 6.45) is -1.15. The first-order valence-corrected chi connectivity index (χ1v) is 10.3. The number of alkyl halides is 3. The predicted octanol–water partition coefficient (Wildman–Crippen LogP) is 4.33. The number of halogens is 3. The van der Waals surface area contributed by atoms with Crippen molar-refractivity contribution in [3.8, 4) is 5.69 Å². The van der Waals surface area contributed by atoms with Crippen LogP contribution in [0.1, 0.15) is 21.6 Å². The van der Waals surface area contributed by atoms with E-state index in [2.05, 4.69) is 10.6 Å². The molecule has 9 heteroatoms. The second-order valence-corrected chi connectivity index (χ2v) is 9.21. The molecule has 0 saturated carbocycles. The maximum atomic E-state index is 13.1. The third kappa shape index (κ3) is 4.51. The van der Waals surface area contributed by atoms with Gasteiger partial charge in [-0.25, -0.2) is 4.68 Å². The van der Waals surface area contributed by atoms with Crippen molar-refractivity contribution >= 4 is 46.4 Å². The molecule has 30 heavy (non-hydrogen) atoms. The summed E-state index contributed by atoms with van der Waals surface area (Å²) in [5.74, 6) is -0.422. The largest absolute Gasteiger partial charge is 0.356 e. The molecular weight excluding hydrogens is 447 g/mol. The zero-order valence-corrected chi connectivity index (χ0v) is 18.9. The van der Waals surface area contributed by atoms with Gasteiger partial charge in [0.15, 0.2) is 0 Å². The fourth-order valence-corrected chi connectivity index (χ4v) is 3.44. The molecular formula is C21H21Cl3N4O2. The van der Waals surface area contributed by atoms with Gasteiger partial charge in [0.25, 0.3) is 11.5 Å². The van der Waals surface area contributed by atoms with Crippen molar-refractivity contribution in [2.75, 3.05) is 5.32 Å². The van der Waals surface area contributed by atoms with E-state index in [9.17, 15) is 9.59 Å². The number of nitrogens with one attached hydrogen (secondary N) is 2. The first kappa shape index (κ1) is 22.3. The summed E-state index contributed by atoms with van der Waals surface area (Å²) in [6.45, 7) is 3.58. The van der Waals surface area contributed by atoms with Crippen LogP contribution in [0.4, 0.5) is 5.69 Å². The van der Waals surface area contributed by atoms with Gasteiger partial charge in [-0.05, 0) is 37.6 Å². The van der Waals surface area contributed by atoms with E-state index in [0.717, 1.165) is 5.56 Å². The summed E-state index contributed by atoms with van der Waals surface area (Å²) in [7, 11) is 1.76. The summed E-state index contributed by atoms with van der Waals surface area (Å²) >= 11 is 18.4. The first-order valence-electron chi connectivity index (χ1n) is 9.15. The Bertz CT molecular complexity index is 1120. The number of aryl methyl sites for hydroxylation is 1. The van der Waals surface area contributed by atoms with Crippen LogP contribution < -0.4 is 16.2 Å². The quantitative estimate of drug-likeness (QED) is 0.433. The van der Waals surface area contributed by atoms with Crippen LogP contribution in [0.3, 0.4) is 0 Å². The van der Waals surface area contributed by atoms with Gasteiger partial charge < -0.3 is 10.6 Å². The Labute approximate surface area is 189 Å². The Morgan fingerprint density at radius 3 is 2.20 bits per heavy atom. The molecule has 0 fully saturated rings. The molecule has 0 unspecified atom stereocenters. The molecule has 1 amide bonds. The average Bonchev–Trinajstić information content (AvgIpc) is 2.90. The molecule has 1 atom stereocenters. The Kier molecular flexibility index (Phi) is 6.50. The lowest BCUT2D eigenvalue weighted by Gasteiger charge is -2.27. The number of hydrogen-bond donors (Lipinski definition) is 2. The fraction of sp³-hybridized carbons (Fsp3) is 0.238. The maximum absolute atomic E-state index is 13.1. The molecule has 0 aliphatic carbocycles. The highest BCUT2D eigenvalue weighted by atomic mass is 35.6. The SMILES string of the molecule is Cc1ccccc1C(=O)N[C@H](Nc1c(C)n(C)n(-c2ccccc2)c1=O)C(Cl)(Cl)Cl. The van der Waals surface area contributed by atoms with Gasteiger partial charge in [-0.15, -0.1) is 0 Å². The van der Waals surface area contributed by atoms with Crippen LogP contribution in [0.15, 0.2) is 59.4 Å². The number of anilines is 1. The van der Waals surface area contributed by atoms with Crippen LogP contribution in [-0.2, 0) is 7.05 Å². The molecule has 0 bridgehead atoms. The number of rotatable bonds is 5. The minimum Gasteiger partial charge on any atom is -0.356 e. The minimum absolute atomic E-state index is 0.225. The van der Waals surface area contributed by atoms with Crippen LogP contribution in [0, 0.1) is 13.8 Å². The van der Waals surface area contributed by atoms with Crippen molar-refractivity contribution in [3.63, 3.8) is 0 Å². The molecule has 0 aliphatic rings. The summed E-state index contributed by atoms with van der Waals surface area (Å²) in [6, 6.07) is 16.2. The van der Waals surface area contributed by atoms with Gasteiger partial charge in [-0.1, -0.05) is 71.2 Å². The molecule has 1 aromatic heterocycles. The van der Waals surface area contributed by atoms with E-state index in [0.29, 0.717) is 16.9 Å². The summed E-state index contributed by atoms with van der Waals surface area (Å²) in [4.78, 5) is 25.9. The van der Waals surface area contributed by atoms with Gasteiger partial charge >= 0.3 is 0 Å². The fourth-order valence-electron chi connectivity index (χ4n) is 3.12. The van der Waals surface area contributed by atoms with Crippen molar-refractivity contribution in [3.05, 3.63) is 81.8 Å². The van der Waals surface area contributed by atoms with Crippen molar-refractivity contribution in [2.45, 2.75) is 23.8 Å². The average molecular weight is 468 g/mol. The van der Waals surface area contributed by atoms with E-state index >= 15 is 0 Å². The Hall–Kier alpha value is -2.41. The van der Waals surface area contributed by atoms with Crippen LogP contribution in [-0.4, -0.2) is 25.2 Å². The first-order chi connectivity index (χ1) is 14.1. The number of amides is 1. The van der Waals surface area contributed by atoms with Crippen LogP contribution in [0.2, 0.25) is 0 Å². The topological polar surface area (TPSA) is 68.1 Å². The lowest BCUT2D eigenvalue weighted by Crippen LogP contribution is -2.50. The summed E-state index contributed by atoms with van der Waals surface area (Å²) < 4.78 is 1.28. The van der Waals surface area contributed by atoms with E-state index in [4.69, 9.17) is 34.8 Å². The van der Waals surface area contributed by atoms with Crippen molar-refractivity contribution in [1.29, 1.82) is 0 Å². The van der Waals surface area contributed by atoms with Gasteiger partial charge in [0.1, 0.15) is 11.9 Å². The zero-order chi connectivity index (χ0) is 22.1. The number of aromatic nitrogens is 2. The second-order valence-electron chi connectivity index (χ2n) is 6.84. The van der Waals surface area contributed by atoms with Crippen LogP contribution >= 0.6 is 34.8 Å². The maximum Gasteiger partial charge on any atom is 0.295 e. The molecule has 3 rings (SSSR count). The van der Waals surface area contributed by atoms with Crippen molar-refractivity contribution in [2.24, 2.45) is 7.05 Å². The van der Waals surface area contributed by atoms with Crippen molar-refractivity contribution < 1.29 is 4.79 Å². The van der Waals surface area contributed by atoms with E-state index in [1.165, 1.54) is 4.68 Å². The molecule has 2 N–H and O–H groups in total. The van der Waals surface area contributed by atoms with Gasteiger partial charge in [0.2, 0.25) is 3.79 Å². The molecule has 158 valence electrons. The Morgan fingerprint density at radius 2 is 1.60 bits per heavy atom. The standard InChI is InChI=1S/C21H21Cl3N4O2/c1-13-9-7-8-12-16(13)18(29)26-20(21(22,23)24)25-17-14(2)27(3)28(19(17)30)15-10-5-4-6-11-15/h4-12,20,25H,1-3H3,(H,26,29)/t20-/m0/s1. The summed E-state index contributed by atoms with van der Waals surface area (Å²) in [5, 5.41) is 5.61. The van der Waals surface area contributed by atoms with E-state index in [1.807, 2.05) is 49.4 Å². The highest BCUT2D eigenvalue weighted by Crippen LogP contribution is 2.31. The highest BCUT2D eigenvalue weighted by molar-refractivity contribution is 6.68. The third-order valence-electron chi connectivity index (χ3n) is 4.84. The lowest BCUT2D eigenvalue weighted by atomic mass is 10.1. The van der Waals surface area contributed by atoms with Crippen molar-refractivity contribution in [1.82, 2.24) is 14.7 Å². The minimum atomic E-state index is -1.91. The highest BCUT2D eigenvalue weighted by Gasteiger charge is 2.36. The number of carbonyl (C=O) groups is 1. The second kappa shape index (κ2) is 8.76.